The highest BCUT2D eigenvalue weighted by atomic mass is 35.5. The van der Waals surface area contributed by atoms with Crippen LogP contribution in [0.1, 0.15) is 43.7 Å². The van der Waals surface area contributed by atoms with Gasteiger partial charge in [0.15, 0.2) is 0 Å². The topological polar surface area (TPSA) is 92.9 Å². The first-order chi connectivity index (χ1) is 16.7. The number of carbonyl (C=O) groups excluding carboxylic acids is 1. The second-order valence-corrected chi connectivity index (χ2v) is 9.10. The van der Waals surface area contributed by atoms with Crippen molar-refractivity contribution < 1.29 is 28.2 Å². The number of ether oxygens (including phenoxy) is 1. The van der Waals surface area contributed by atoms with E-state index >= 15 is 0 Å². The number of nitrogens with zero attached hydrogens (tertiary/aromatic N) is 2. The fraction of sp³-hybridized carbons (Fsp3) is 0.346. The molecule has 1 saturated heterocycles. The molecule has 1 aromatic heterocycles. The van der Waals surface area contributed by atoms with E-state index < -0.39 is 11.2 Å². The van der Waals surface area contributed by atoms with E-state index in [1.54, 1.807) is 13.0 Å². The van der Waals surface area contributed by atoms with Crippen LogP contribution in [0.25, 0.3) is 11.5 Å². The third-order valence-corrected chi connectivity index (χ3v) is 6.22. The molecule has 0 saturated carbocycles. The molecular weight excluding hydrogens is 475 g/mol. The maximum absolute atomic E-state index is 13.8. The van der Waals surface area contributed by atoms with Crippen LogP contribution in [0.5, 0.6) is 5.75 Å². The van der Waals surface area contributed by atoms with Crippen molar-refractivity contribution in [2.24, 2.45) is 0 Å². The van der Waals surface area contributed by atoms with Crippen molar-refractivity contribution in [1.82, 2.24) is 9.88 Å². The molecule has 1 aliphatic heterocycles. The first-order valence-corrected chi connectivity index (χ1v) is 11.6. The average molecular weight is 503 g/mol. The largest absolute Gasteiger partial charge is 0.487 e. The fourth-order valence-electron chi connectivity index (χ4n) is 3.88. The number of amides is 1. The van der Waals surface area contributed by atoms with Crippen LogP contribution in [0, 0.1) is 12.7 Å². The summed E-state index contributed by atoms with van der Waals surface area (Å²) in [6, 6.07) is 12.0. The molecule has 35 heavy (non-hydrogen) atoms. The van der Waals surface area contributed by atoms with Gasteiger partial charge in [-0.1, -0.05) is 23.7 Å². The van der Waals surface area contributed by atoms with Gasteiger partial charge in [0.05, 0.1) is 10.4 Å². The zero-order valence-corrected chi connectivity index (χ0v) is 20.6. The smallest absolute Gasteiger partial charge is 0.290 e. The van der Waals surface area contributed by atoms with Crippen molar-refractivity contribution in [2.45, 2.75) is 45.6 Å². The van der Waals surface area contributed by atoms with Gasteiger partial charge in [0.25, 0.3) is 6.47 Å². The van der Waals surface area contributed by atoms with Crippen LogP contribution in [0.2, 0.25) is 5.02 Å². The molecule has 4 rings (SSSR count). The number of benzene rings is 2. The van der Waals surface area contributed by atoms with E-state index in [1.165, 1.54) is 12.1 Å². The predicted octanol–water partition coefficient (Wildman–Crippen LogP) is 5.62. The normalized spacial score (nSPS) is 13.2. The number of carboxylic acid groups (broad SMARTS) is 1. The molecule has 0 aliphatic carbocycles. The third kappa shape index (κ3) is 6.19. The zero-order chi connectivity index (χ0) is 25.6. The second kappa shape index (κ2) is 11.4. The van der Waals surface area contributed by atoms with Gasteiger partial charge >= 0.3 is 0 Å². The molecule has 186 valence electrons. The molecule has 0 unspecified atom stereocenters. The fourth-order valence-corrected chi connectivity index (χ4v) is 4.00. The summed E-state index contributed by atoms with van der Waals surface area (Å²) in [5, 5.41) is 6.94. The average Bonchev–Trinajstić information content (AvgIpc) is 3.50. The summed E-state index contributed by atoms with van der Waals surface area (Å²) < 4.78 is 25.4. The quantitative estimate of drug-likeness (QED) is 0.439. The summed E-state index contributed by atoms with van der Waals surface area (Å²) in [4.78, 5) is 27.8. The molecule has 2 aromatic carbocycles. The van der Waals surface area contributed by atoms with Crippen LogP contribution in [0.15, 0.2) is 46.9 Å². The number of carbonyl (C=O) groups is 2. The molecule has 1 fully saturated rings. The highest BCUT2D eigenvalue weighted by molar-refractivity contribution is 6.30. The number of oxazole rings is 1. The number of aromatic nitrogens is 1. The molecular formula is C26H28ClFN2O5. The van der Waals surface area contributed by atoms with E-state index in [1.807, 2.05) is 43.0 Å². The molecule has 7 nitrogen and oxygen atoms in total. The van der Waals surface area contributed by atoms with E-state index in [0.717, 1.165) is 31.5 Å². The maximum atomic E-state index is 13.8. The molecule has 0 atom stereocenters. The third-order valence-electron chi connectivity index (χ3n) is 5.92. The van der Waals surface area contributed by atoms with Gasteiger partial charge in [0.1, 0.15) is 29.6 Å². The number of hydrogen-bond donors (Lipinski definition) is 1. The van der Waals surface area contributed by atoms with Gasteiger partial charge < -0.3 is 19.2 Å². The van der Waals surface area contributed by atoms with Crippen LogP contribution < -0.4 is 4.74 Å². The van der Waals surface area contributed by atoms with Gasteiger partial charge in [-0.3, -0.25) is 9.59 Å². The summed E-state index contributed by atoms with van der Waals surface area (Å²) in [6.07, 6.45) is 2.12. The van der Waals surface area contributed by atoms with Gasteiger partial charge in [-0.25, -0.2) is 9.37 Å². The molecule has 3 aromatic rings. The Labute approximate surface area is 208 Å². The summed E-state index contributed by atoms with van der Waals surface area (Å²) in [7, 11) is 0. The molecule has 0 spiro atoms. The number of halogens is 2. The molecule has 9 heteroatoms. The Morgan fingerprint density at radius 1 is 1.26 bits per heavy atom. The highest BCUT2D eigenvalue weighted by Crippen LogP contribution is 2.31. The SMILES string of the molecule is Cc1oc(-c2ccc(Cl)c(F)c2)nc1COc1cccc(C(C)(C)C(=O)N2CCCC2)c1.O=CO. The Balaban J connectivity index is 0.00000108. The highest BCUT2D eigenvalue weighted by Gasteiger charge is 2.35. The van der Waals surface area contributed by atoms with Gasteiger partial charge in [-0.2, -0.15) is 0 Å². The molecule has 1 N–H and O–H groups in total. The van der Waals surface area contributed by atoms with Crippen molar-refractivity contribution in [3.05, 3.63) is 70.3 Å². The lowest BCUT2D eigenvalue weighted by molar-refractivity contribution is -0.135. The predicted molar refractivity (Wildman–Crippen MR) is 130 cm³/mol. The van der Waals surface area contributed by atoms with Crippen molar-refractivity contribution in [3.63, 3.8) is 0 Å². The van der Waals surface area contributed by atoms with E-state index in [-0.39, 0.29) is 24.0 Å². The van der Waals surface area contributed by atoms with Gasteiger partial charge in [-0.15, -0.1) is 0 Å². The number of rotatable bonds is 6. The van der Waals surface area contributed by atoms with Crippen molar-refractivity contribution in [1.29, 1.82) is 0 Å². The Morgan fingerprint density at radius 2 is 1.94 bits per heavy atom. The van der Waals surface area contributed by atoms with E-state index in [9.17, 15) is 9.18 Å². The lowest BCUT2D eigenvalue weighted by Gasteiger charge is -2.29. The Kier molecular flexibility index (Phi) is 8.51. The summed E-state index contributed by atoms with van der Waals surface area (Å²) >= 11 is 5.75. The monoisotopic (exact) mass is 502 g/mol. The van der Waals surface area contributed by atoms with E-state index in [4.69, 9.17) is 30.7 Å². The zero-order valence-electron chi connectivity index (χ0n) is 19.9. The van der Waals surface area contributed by atoms with Crippen LogP contribution in [0.4, 0.5) is 4.39 Å². The van der Waals surface area contributed by atoms with Crippen LogP contribution in [-0.2, 0) is 21.6 Å². The minimum atomic E-state index is -0.640. The second-order valence-electron chi connectivity index (χ2n) is 8.70. The van der Waals surface area contributed by atoms with Crippen molar-refractivity contribution in [2.75, 3.05) is 13.1 Å². The van der Waals surface area contributed by atoms with Gasteiger partial charge in [-0.05, 0) is 69.5 Å². The first kappa shape index (κ1) is 26.2. The number of likely N-dealkylation sites (tertiary alicyclic amines) is 1. The number of hydrogen-bond acceptors (Lipinski definition) is 5. The van der Waals surface area contributed by atoms with Crippen molar-refractivity contribution in [3.8, 4) is 17.2 Å². The number of aryl methyl sites for hydroxylation is 1. The summed E-state index contributed by atoms with van der Waals surface area (Å²) in [5.41, 5.74) is 1.39. The minimum absolute atomic E-state index is 0.0478. The first-order valence-electron chi connectivity index (χ1n) is 11.2. The van der Waals surface area contributed by atoms with E-state index in [2.05, 4.69) is 4.98 Å². The molecule has 2 heterocycles. The Hall–Kier alpha value is -3.39. The van der Waals surface area contributed by atoms with E-state index in [0.29, 0.717) is 28.7 Å². The molecule has 1 amide bonds. The van der Waals surface area contributed by atoms with Crippen LogP contribution in [0.3, 0.4) is 0 Å². The Bertz CT molecular complexity index is 1190. The lowest BCUT2D eigenvalue weighted by atomic mass is 9.83. The summed E-state index contributed by atoms with van der Waals surface area (Å²) in [5.74, 6) is 1.16. The van der Waals surface area contributed by atoms with Gasteiger partial charge in [0, 0.05) is 18.7 Å². The molecule has 0 bridgehead atoms. The Morgan fingerprint density at radius 3 is 2.60 bits per heavy atom. The maximum Gasteiger partial charge on any atom is 0.290 e. The standard InChI is InChI=1S/C25H26ClFN2O3.CH2O2/c1-16-22(28-23(32-16)17-9-10-20(26)21(27)13-17)15-31-19-8-6-7-18(14-19)25(2,3)24(30)29-11-4-5-12-29;2-1-3/h6-10,13-14H,4-5,11-12,15H2,1-3H3;1H,(H,2,3). The molecule has 0 radical (unpaired) electrons. The van der Waals surface area contributed by atoms with Crippen LogP contribution >= 0.6 is 11.6 Å². The van der Waals surface area contributed by atoms with Gasteiger partial charge in [0.2, 0.25) is 11.8 Å². The lowest BCUT2D eigenvalue weighted by Crippen LogP contribution is -2.41. The minimum Gasteiger partial charge on any atom is -0.487 e. The molecule has 1 aliphatic rings. The van der Waals surface area contributed by atoms with Crippen molar-refractivity contribution >= 4 is 24.0 Å². The van der Waals surface area contributed by atoms with Crippen LogP contribution in [-0.4, -0.2) is 40.5 Å². The summed E-state index contributed by atoms with van der Waals surface area (Å²) in [6.45, 7) is 7.27.